The van der Waals surface area contributed by atoms with Gasteiger partial charge in [-0.3, -0.25) is 4.79 Å². The van der Waals surface area contributed by atoms with Gasteiger partial charge in [0.1, 0.15) is 0 Å². The quantitative estimate of drug-likeness (QED) is 0.647. The lowest BCUT2D eigenvalue weighted by atomic mass is 10.3. The standard InChI is InChI=1S/C10H21N3OS/c1-4-12(2)7-6-10(14)13(3)8-5-9(11)15/h4-8H2,1-3H3,(H2,11,15). The maximum absolute atomic E-state index is 11.6. The van der Waals surface area contributed by atoms with Gasteiger partial charge in [0.15, 0.2) is 0 Å². The van der Waals surface area contributed by atoms with E-state index in [1.165, 1.54) is 0 Å². The van der Waals surface area contributed by atoms with E-state index in [1.807, 2.05) is 7.05 Å². The predicted octanol–water partition coefficient (Wildman–Crippen LogP) is 0.463. The molecular formula is C10H21N3OS. The van der Waals surface area contributed by atoms with Crippen LogP contribution in [0.15, 0.2) is 0 Å². The Hall–Kier alpha value is -0.680. The molecular weight excluding hydrogens is 210 g/mol. The molecule has 0 rings (SSSR count). The molecule has 0 aliphatic heterocycles. The largest absolute Gasteiger partial charge is 0.393 e. The van der Waals surface area contributed by atoms with Gasteiger partial charge in [-0.05, 0) is 13.6 Å². The molecule has 88 valence electrons. The number of rotatable bonds is 7. The van der Waals surface area contributed by atoms with Crippen LogP contribution >= 0.6 is 12.2 Å². The van der Waals surface area contributed by atoms with Crippen molar-refractivity contribution in [1.29, 1.82) is 0 Å². The third kappa shape index (κ3) is 7.27. The molecule has 15 heavy (non-hydrogen) atoms. The Morgan fingerprint density at radius 2 is 1.87 bits per heavy atom. The second-order valence-electron chi connectivity index (χ2n) is 3.68. The van der Waals surface area contributed by atoms with Gasteiger partial charge >= 0.3 is 0 Å². The van der Waals surface area contributed by atoms with E-state index < -0.39 is 0 Å². The minimum absolute atomic E-state index is 0.145. The molecule has 1 amide bonds. The lowest BCUT2D eigenvalue weighted by molar-refractivity contribution is -0.130. The van der Waals surface area contributed by atoms with Crippen molar-refractivity contribution in [2.75, 3.05) is 33.7 Å². The highest BCUT2D eigenvalue weighted by Crippen LogP contribution is 1.95. The summed E-state index contributed by atoms with van der Waals surface area (Å²) in [5.41, 5.74) is 5.37. The van der Waals surface area contributed by atoms with Crippen LogP contribution in [0.25, 0.3) is 0 Å². The lowest BCUT2D eigenvalue weighted by Crippen LogP contribution is -2.32. The average molecular weight is 231 g/mol. The van der Waals surface area contributed by atoms with Crippen LogP contribution in [0.2, 0.25) is 0 Å². The van der Waals surface area contributed by atoms with Gasteiger partial charge in [-0.2, -0.15) is 0 Å². The van der Waals surface area contributed by atoms with Crippen LogP contribution in [-0.2, 0) is 4.79 Å². The van der Waals surface area contributed by atoms with E-state index in [9.17, 15) is 4.79 Å². The third-order valence-electron chi connectivity index (χ3n) is 2.37. The first-order chi connectivity index (χ1) is 6.97. The SMILES string of the molecule is CCN(C)CCC(=O)N(C)CCC(N)=S. The first-order valence-corrected chi connectivity index (χ1v) is 5.59. The monoisotopic (exact) mass is 231 g/mol. The van der Waals surface area contributed by atoms with Gasteiger partial charge in [0.2, 0.25) is 5.91 Å². The molecule has 4 nitrogen and oxygen atoms in total. The molecule has 0 aliphatic rings. The Bertz CT molecular complexity index is 221. The van der Waals surface area contributed by atoms with Crippen molar-refractivity contribution in [2.45, 2.75) is 19.8 Å². The van der Waals surface area contributed by atoms with Crippen LogP contribution in [0.1, 0.15) is 19.8 Å². The van der Waals surface area contributed by atoms with Crippen LogP contribution in [0.3, 0.4) is 0 Å². The smallest absolute Gasteiger partial charge is 0.223 e. The van der Waals surface area contributed by atoms with Crippen molar-refractivity contribution in [1.82, 2.24) is 9.80 Å². The number of hydrogen-bond acceptors (Lipinski definition) is 3. The molecule has 0 saturated heterocycles. The summed E-state index contributed by atoms with van der Waals surface area (Å²) in [5.74, 6) is 0.145. The van der Waals surface area contributed by atoms with Crippen molar-refractivity contribution in [2.24, 2.45) is 5.73 Å². The van der Waals surface area contributed by atoms with Crippen LogP contribution in [0, 0.1) is 0 Å². The minimum atomic E-state index is 0.145. The molecule has 0 aromatic rings. The van der Waals surface area contributed by atoms with Crippen LogP contribution in [0.5, 0.6) is 0 Å². The van der Waals surface area contributed by atoms with E-state index in [1.54, 1.807) is 11.9 Å². The van der Waals surface area contributed by atoms with Gasteiger partial charge in [-0.1, -0.05) is 19.1 Å². The lowest BCUT2D eigenvalue weighted by Gasteiger charge is -2.19. The maximum Gasteiger partial charge on any atom is 0.223 e. The fraction of sp³-hybridized carbons (Fsp3) is 0.800. The molecule has 0 heterocycles. The molecule has 0 aliphatic carbocycles. The molecule has 0 atom stereocenters. The van der Waals surface area contributed by atoms with Gasteiger partial charge in [0, 0.05) is 33.0 Å². The zero-order valence-electron chi connectivity index (χ0n) is 9.82. The van der Waals surface area contributed by atoms with E-state index in [0.29, 0.717) is 24.4 Å². The molecule has 0 radical (unpaired) electrons. The number of carbonyl (C=O) groups excluding carboxylic acids is 1. The van der Waals surface area contributed by atoms with Crippen LogP contribution in [-0.4, -0.2) is 54.4 Å². The topological polar surface area (TPSA) is 49.6 Å². The maximum atomic E-state index is 11.6. The van der Waals surface area contributed by atoms with Gasteiger partial charge in [-0.15, -0.1) is 0 Å². The fourth-order valence-corrected chi connectivity index (χ4v) is 1.13. The van der Waals surface area contributed by atoms with Crippen molar-refractivity contribution in [3.8, 4) is 0 Å². The zero-order chi connectivity index (χ0) is 11.8. The highest BCUT2D eigenvalue weighted by Gasteiger charge is 2.09. The van der Waals surface area contributed by atoms with Gasteiger partial charge in [-0.25, -0.2) is 0 Å². The Labute approximate surface area is 97.4 Å². The summed E-state index contributed by atoms with van der Waals surface area (Å²) in [4.78, 5) is 15.8. The summed E-state index contributed by atoms with van der Waals surface area (Å²) in [6.45, 7) is 4.45. The van der Waals surface area contributed by atoms with Crippen LogP contribution < -0.4 is 5.73 Å². The first-order valence-electron chi connectivity index (χ1n) is 5.18. The molecule has 0 fully saturated rings. The number of thiocarbonyl (C=S) groups is 1. The second kappa shape index (κ2) is 7.59. The van der Waals surface area contributed by atoms with Crippen molar-refractivity contribution < 1.29 is 4.79 Å². The van der Waals surface area contributed by atoms with Crippen molar-refractivity contribution >= 4 is 23.1 Å². The van der Waals surface area contributed by atoms with Crippen molar-refractivity contribution in [3.05, 3.63) is 0 Å². The summed E-state index contributed by atoms with van der Waals surface area (Å²) >= 11 is 4.76. The number of hydrogen-bond donors (Lipinski definition) is 1. The minimum Gasteiger partial charge on any atom is -0.393 e. The zero-order valence-corrected chi connectivity index (χ0v) is 10.6. The van der Waals surface area contributed by atoms with E-state index in [-0.39, 0.29) is 5.91 Å². The molecule has 0 unspecified atom stereocenters. The summed E-state index contributed by atoms with van der Waals surface area (Å²) in [5, 5.41) is 0. The predicted molar refractivity (Wildman–Crippen MR) is 66.8 cm³/mol. The average Bonchev–Trinajstić information content (AvgIpc) is 2.21. The second-order valence-corrected chi connectivity index (χ2v) is 4.20. The molecule has 0 spiro atoms. The molecule has 0 aromatic carbocycles. The molecule has 0 aromatic heterocycles. The van der Waals surface area contributed by atoms with Crippen molar-refractivity contribution in [3.63, 3.8) is 0 Å². The van der Waals surface area contributed by atoms with Gasteiger partial charge in [0.05, 0.1) is 4.99 Å². The van der Waals surface area contributed by atoms with E-state index in [2.05, 4.69) is 11.8 Å². The highest BCUT2D eigenvalue weighted by molar-refractivity contribution is 7.80. The number of nitrogens with zero attached hydrogens (tertiary/aromatic N) is 2. The molecule has 0 saturated carbocycles. The molecule has 0 bridgehead atoms. The Morgan fingerprint density at radius 3 is 2.33 bits per heavy atom. The summed E-state index contributed by atoms with van der Waals surface area (Å²) < 4.78 is 0. The number of nitrogens with two attached hydrogens (primary N) is 1. The third-order valence-corrected chi connectivity index (χ3v) is 2.57. The first kappa shape index (κ1) is 14.3. The van der Waals surface area contributed by atoms with E-state index >= 15 is 0 Å². The molecule has 2 N–H and O–H groups in total. The fourth-order valence-electron chi connectivity index (χ4n) is 1.04. The molecule has 5 heteroatoms. The highest BCUT2D eigenvalue weighted by atomic mass is 32.1. The normalized spacial score (nSPS) is 10.4. The van der Waals surface area contributed by atoms with Gasteiger partial charge in [0.25, 0.3) is 0 Å². The van der Waals surface area contributed by atoms with E-state index in [0.717, 1.165) is 13.1 Å². The Kier molecular flexibility index (Phi) is 7.25. The Morgan fingerprint density at radius 1 is 1.27 bits per heavy atom. The summed E-state index contributed by atoms with van der Waals surface area (Å²) in [6.07, 6.45) is 1.15. The number of carbonyl (C=O) groups is 1. The van der Waals surface area contributed by atoms with Gasteiger partial charge < -0.3 is 15.5 Å². The summed E-state index contributed by atoms with van der Waals surface area (Å²) in [7, 11) is 3.79. The van der Waals surface area contributed by atoms with Crippen LogP contribution in [0.4, 0.5) is 0 Å². The summed E-state index contributed by atoms with van der Waals surface area (Å²) in [6, 6.07) is 0. The number of amides is 1. The van der Waals surface area contributed by atoms with E-state index in [4.69, 9.17) is 18.0 Å². The Balaban J connectivity index is 3.74.